The zero-order valence-corrected chi connectivity index (χ0v) is 30.3. The molecule has 0 saturated carbocycles. The zero-order valence-electron chi connectivity index (χ0n) is 30.3. The molecule has 6 nitrogen and oxygen atoms in total. The second-order valence-electron chi connectivity index (χ2n) is 13.6. The summed E-state index contributed by atoms with van der Waals surface area (Å²) in [5.74, 6) is 2.49. The Labute approximate surface area is 289 Å². The lowest BCUT2D eigenvalue weighted by Gasteiger charge is -2.15. The maximum atomic E-state index is 11.1. The Morgan fingerprint density at radius 2 is 1.06 bits per heavy atom. The molecule has 1 atom stereocenters. The molecule has 0 fully saturated rings. The van der Waals surface area contributed by atoms with Gasteiger partial charge in [0.15, 0.2) is 17.5 Å². The second-order valence-corrected chi connectivity index (χ2v) is 13.6. The second kappa shape index (κ2) is 19.3. The van der Waals surface area contributed by atoms with Gasteiger partial charge in [0.2, 0.25) is 0 Å². The fourth-order valence-corrected chi connectivity index (χ4v) is 6.10. The normalized spacial score (nSPS) is 12.0. The van der Waals surface area contributed by atoms with Crippen LogP contribution >= 0.6 is 0 Å². The highest BCUT2D eigenvalue weighted by Crippen LogP contribution is 2.34. The highest BCUT2D eigenvalue weighted by molar-refractivity contribution is 5.72. The Balaban J connectivity index is 1.31. The summed E-state index contributed by atoms with van der Waals surface area (Å²) in [5.41, 5.74) is 6.94. The topological polar surface area (TPSA) is 77.4 Å². The van der Waals surface area contributed by atoms with E-state index < -0.39 is 0 Å². The molecule has 1 unspecified atom stereocenters. The molecular weight excluding hydrogens is 594 g/mol. The third-order valence-electron chi connectivity index (χ3n) is 8.92. The number of nitrogens with zero attached hydrogens (tertiary/aromatic N) is 3. The molecule has 258 valence electrons. The number of aryl methyl sites for hydroxylation is 4. The van der Waals surface area contributed by atoms with Crippen molar-refractivity contribution in [3.8, 4) is 45.7 Å². The lowest BCUT2D eigenvalue weighted by molar-refractivity contribution is 0.0822. The first-order valence-corrected chi connectivity index (χ1v) is 18.2. The number of phenols is 1. The molecule has 0 spiro atoms. The third kappa shape index (κ3) is 11.4. The number of aromatic nitrogens is 3. The number of phenolic OH excluding ortho intramolecular Hbond substituents is 1. The molecule has 3 aromatic carbocycles. The highest BCUT2D eigenvalue weighted by atomic mass is 16.5. The van der Waals surface area contributed by atoms with Gasteiger partial charge in [0, 0.05) is 29.7 Å². The molecule has 4 aromatic rings. The molecule has 0 aliphatic carbocycles. The number of unbranched alkanes of at least 4 members (excludes halogenated alkanes) is 10. The number of ether oxygens (including phenoxy) is 2. The van der Waals surface area contributed by atoms with Crippen molar-refractivity contribution < 1.29 is 14.6 Å². The Morgan fingerprint density at radius 1 is 0.583 bits per heavy atom. The maximum Gasteiger partial charge on any atom is 0.167 e. The first-order chi connectivity index (χ1) is 23.2. The van der Waals surface area contributed by atoms with Crippen molar-refractivity contribution in [2.75, 3.05) is 19.8 Å². The number of rotatable bonds is 20. The predicted octanol–water partition coefficient (Wildman–Crippen LogP) is 11.2. The van der Waals surface area contributed by atoms with Crippen molar-refractivity contribution in [3.63, 3.8) is 0 Å². The summed E-state index contributed by atoms with van der Waals surface area (Å²) < 4.78 is 12.0. The van der Waals surface area contributed by atoms with E-state index in [4.69, 9.17) is 24.4 Å². The van der Waals surface area contributed by atoms with Crippen LogP contribution in [0.3, 0.4) is 0 Å². The standard InChI is InChI=1S/C42H57N3O3/c1-7-8-9-10-11-12-13-14-15-16-17-24-47-28-32(4)29-48-35-20-23-38(39(46)27-35)42-44-40(36-21-18-30(2)25-33(36)5)43-41(45-42)37-22-19-31(3)26-34(37)6/h18-23,25-27,32,46H,7-17,24,28-29H2,1-6H3. The Bertz CT molecular complexity index is 1520. The van der Waals surface area contributed by atoms with Gasteiger partial charge in [-0.15, -0.1) is 0 Å². The van der Waals surface area contributed by atoms with Crippen molar-refractivity contribution in [2.24, 2.45) is 5.92 Å². The van der Waals surface area contributed by atoms with Crippen molar-refractivity contribution in [1.82, 2.24) is 15.0 Å². The van der Waals surface area contributed by atoms with E-state index in [9.17, 15) is 5.11 Å². The van der Waals surface area contributed by atoms with Gasteiger partial charge in [-0.25, -0.2) is 15.0 Å². The van der Waals surface area contributed by atoms with Gasteiger partial charge in [-0.05, 0) is 57.4 Å². The van der Waals surface area contributed by atoms with E-state index in [1.165, 1.54) is 75.3 Å². The highest BCUT2D eigenvalue weighted by Gasteiger charge is 2.17. The quantitative estimate of drug-likeness (QED) is 0.0958. The van der Waals surface area contributed by atoms with Gasteiger partial charge < -0.3 is 14.6 Å². The van der Waals surface area contributed by atoms with Crippen molar-refractivity contribution in [3.05, 3.63) is 76.9 Å². The Morgan fingerprint density at radius 3 is 1.56 bits per heavy atom. The molecule has 6 heteroatoms. The van der Waals surface area contributed by atoms with Crippen LogP contribution in [0.2, 0.25) is 0 Å². The van der Waals surface area contributed by atoms with E-state index in [2.05, 4.69) is 77.9 Å². The van der Waals surface area contributed by atoms with Gasteiger partial charge in [-0.3, -0.25) is 0 Å². The SMILES string of the molecule is CCCCCCCCCCCCCOCC(C)COc1ccc(-c2nc(-c3ccc(C)cc3C)nc(-c3ccc(C)cc3C)n2)c(O)c1. The molecule has 0 aliphatic heterocycles. The molecule has 1 heterocycles. The summed E-state index contributed by atoms with van der Waals surface area (Å²) in [5, 5.41) is 11.1. The Kier molecular flexibility index (Phi) is 14.9. The molecule has 48 heavy (non-hydrogen) atoms. The molecule has 0 amide bonds. The molecule has 0 saturated heterocycles. The molecular formula is C42H57N3O3. The zero-order chi connectivity index (χ0) is 34.3. The van der Waals surface area contributed by atoms with Gasteiger partial charge >= 0.3 is 0 Å². The van der Waals surface area contributed by atoms with Crippen molar-refractivity contribution in [2.45, 2.75) is 112 Å². The largest absolute Gasteiger partial charge is 0.507 e. The number of benzene rings is 3. The van der Waals surface area contributed by atoms with Crippen LogP contribution in [0, 0.1) is 33.6 Å². The Hall–Kier alpha value is -3.77. The van der Waals surface area contributed by atoms with Crippen LogP contribution < -0.4 is 4.74 Å². The number of hydrogen-bond donors (Lipinski definition) is 1. The van der Waals surface area contributed by atoms with Gasteiger partial charge in [0.1, 0.15) is 11.5 Å². The first kappa shape index (κ1) is 37.1. The van der Waals surface area contributed by atoms with E-state index in [1.807, 2.05) is 12.1 Å². The molecule has 0 aliphatic rings. The minimum absolute atomic E-state index is 0.0669. The van der Waals surface area contributed by atoms with E-state index in [1.54, 1.807) is 6.07 Å². The van der Waals surface area contributed by atoms with Crippen LogP contribution in [0.5, 0.6) is 11.5 Å². The van der Waals surface area contributed by atoms with Gasteiger partial charge in [-0.2, -0.15) is 0 Å². The van der Waals surface area contributed by atoms with Crippen LogP contribution in [0.1, 0.15) is 107 Å². The number of aromatic hydroxyl groups is 1. The van der Waals surface area contributed by atoms with E-state index in [-0.39, 0.29) is 11.7 Å². The predicted molar refractivity (Wildman–Crippen MR) is 199 cm³/mol. The fraction of sp³-hybridized carbons (Fsp3) is 0.500. The van der Waals surface area contributed by atoms with E-state index in [0.717, 1.165) is 35.3 Å². The monoisotopic (exact) mass is 651 g/mol. The van der Waals surface area contributed by atoms with Crippen LogP contribution in [0.4, 0.5) is 0 Å². The molecule has 0 radical (unpaired) electrons. The summed E-state index contributed by atoms with van der Waals surface area (Å²) in [6.07, 6.45) is 14.7. The summed E-state index contributed by atoms with van der Waals surface area (Å²) >= 11 is 0. The summed E-state index contributed by atoms with van der Waals surface area (Å²) in [6.45, 7) is 14.7. The van der Waals surface area contributed by atoms with Crippen molar-refractivity contribution in [1.29, 1.82) is 0 Å². The third-order valence-corrected chi connectivity index (χ3v) is 8.92. The molecule has 4 rings (SSSR count). The lowest BCUT2D eigenvalue weighted by atomic mass is 10.0. The minimum Gasteiger partial charge on any atom is -0.507 e. The average molecular weight is 652 g/mol. The van der Waals surface area contributed by atoms with Crippen LogP contribution in [0.25, 0.3) is 34.2 Å². The summed E-state index contributed by atoms with van der Waals surface area (Å²) in [4.78, 5) is 14.6. The number of hydrogen-bond acceptors (Lipinski definition) is 6. The smallest absolute Gasteiger partial charge is 0.167 e. The maximum absolute atomic E-state index is 11.1. The summed E-state index contributed by atoms with van der Waals surface area (Å²) in [6, 6.07) is 17.8. The summed E-state index contributed by atoms with van der Waals surface area (Å²) in [7, 11) is 0. The van der Waals surface area contributed by atoms with Crippen LogP contribution in [-0.4, -0.2) is 39.9 Å². The van der Waals surface area contributed by atoms with E-state index in [0.29, 0.717) is 42.0 Å². The molecule has 1 aromatic heterocycles. The van der Waals surface area contributed by atoms with Gasteiger partial charge in [0.05, 0.1) is 18.8 Å². The first-order valence-electron chi connectivity index (χ1n) is 18.2. The lowest BCUT2D eigenvalue weighted by Crippen LogP contribution is -2.15. The minimum atomic E-state index is 0.0669. The fourth-order valence-electron chi connectivity index (χ4n) is 6.10. The van der Waals surface area contributed by atoms with Crippen molar-refractivity contribution >= 4 is 0 Å². The van der Waals surface area contributed by atoms with Crippen LogP contribution in [0.15, 0.2) is 54.6 Å². The van der Waals surface area contributed by atoms with Crippen LogP contribution in [-0.2, 0) is 4.74 Å². The van der Waals surface area contributed by atoms with E-state index >= 15 is 0 Å². The van der Waals surface area contributed by atoms with Gasteiger partial charge in [-0.1, -0.05) is 126 Å². The molecule has 0 bridgehead atoms. The average Bonchev–Trinajstić information content (AvgIpc) is 3.05. The molecule has 1 N–H and O–H groups in total. The van der Waals surface area contributed by atoms with Gasteiger partial charge in [0.25, 0.3) is 0 Å².